The van der Waals surface area contributed by atoms with Gasteiger partial charge in [0.25, 0.3) is 5.92 Å². The van der Waals surface area contributed by atoms with Gasteiger partial charge in [-0.2, -0.15) is 31.6 Å². The molecule has 11 heteroatoms. The molecule has 0 unspecified atom stereocenters. The molecule has 0 N–H and O–H groups in total. The first-order valence-electron chi connectivity index (χ1n) is 4.48. The lowest BCUT2D eigenvalue weighted by atomic mass is 9.94. The van der Waals surface area contributed by atoms with Crippen molar-refractivity contribution < 1.29 is 39.5 Å². The van der Waals surface area contributed by atoms with Gasteiger partial charge in [0, 0.05) is 12.2 Å². The van der Waals surface area contributed by atoms with Crippen molar-refractivity contribution in [3.05, 3.63) is 0 Å². The van der Waals surface area contributed by atoms with E-state index >= 15 is 0 Å². The standard InChI is InChI=1S/C8H6F9NS/c9-5(10,1-2-19-4-18)3-6(11,7(12,13)14)8(15,16)17/h1-3H2. The minimum atomic E-state index is -6.50. The molecule has 1 nitrogen and oxygen atoms in total. The highest BCUT2D eigenvalue weighted by Crippen LogP contribution is 2.51. The van der Waals surface area contributed by atoms with E-state index in [-0.39, 0.29) is 11.8 Å². The van der Waals surface area contributed by atoms with E-state index in [1.165, 1.54) is 5.40 Å². The summed E-state index contributed by atoms with van der Waals surface area (Å²) in [5, 5.41) is 9.30. The van der Waals surface area contributed by atoms with Gasteiger partial charge in [-0.15, -0.1) is 0 Å². The Morgan fingerprint density at radius 2 is 1.26 bits per heavy atom. The summed E-state index contributed by atoms with van der Waals surface area (Å²) < 4.78 is 111. The van der Waals surface area contributed by atoms with Crippen molar-refractivity contribution in [2.75, 3.05) is 5.75 Å². The monoisotopic (exact) mass is 319 g/mol. The Labute approximate surface area is 105 Å². The summed E-state index contributed by atoms with van der Waals surface area (Å²) in [6, 6.07) is 0. The molecule has 0 heterocycles. The molecule has 19 heavy (non-hydrogen) atoms. The Balaban J connectivity index is 5.10. The second-order valence-electron chi connectivity index (χ2n) is 3.52. The summed E-state index contributed by atoms with van der Waals surface area (Å²) in [4.78, 5) is 0. The summed E-state index contributed by atoms with van der Waals surface area (Å²) in [6.45, 7) is 0. The van der Waals surface area contributed by atoms with Gasteiger partial charge < -0.3 is 0 Å². The maximum absolute atomic E-state index is 13.0. The molecule has 0 aromatic rings. The molecule has 0 aliphatic heterocycles. The first kappa shape index (κ1) is 18.2. The number of nitriles is 1. The number of hydrogen-bond acceptors (Lipinski definition) is 2. The molecular formula is C8H6F9NS. The van der Waals surface area contributed by atoms with Crippen LogP contribution in [0.3, 0.4) is 0 Å². The zero-order valence-corrected chi connectivity index (χ0v) is 9.69. The van der Waals surface area contributed by atoms with Crippen LogP contribution in [0.1, 0.15) is 12.8 Å². The highest BCUT2D eigenvalue weighted by molar-refractivity contribution is 8.03. The fraction of sp³-hybridized carbons (Fsp3) is 0.875. The fourth-order valence-electron chi connectivity index (χ4n) is 1.05. The molecule has 0 saturated heterocycles. The van der Waals surface area contributed by atoms with Crippen molar-refractivity contribution >= 4 is 11.8 Å². The molecule has 0 spiro atoms. The Bertz CT molecular complexity index is 326. The lowest BCUT2D eigenvalue weighted by Gasteiger charge is -2.32. The minimum Gasteiger partial charge on any atom is -0.223 e. The number of rotatable bonds is 5. The third kappa shape index (κ3) is 4.67. The van der Waals surface area contributed by atoms with Crippen molar-refractivity contribution in [1.29, 1.82) is 5.26 Å². The Morgan fingerprint density at radius 1 is 0.842 bits per heavy atom. The second kappa shape index (κ2) is 5.68. The largest absolute Gasteiger partial charge is 0.431 e. The molecule has 112 valence electrons. The molecule has 0 fully saturated rings. The zero-order chi connectivity index (χ0) is 15.5. The van der Waals surface area contributed by atoms with Crippen LogP contribution in [-0.2, 0) is 0 Å². The fourth-order valence-corrected chi connectivity index (χ4v) is 1.54. The van der Waals surface area contributed by atoms with Crippen LogP contribution in [-0.4, -0.2) is 29.7 Å². The van der Waals surface area contributed by atoms with Crippen LogP contribution >= 0.6 is 11.8 Å². The highest BCUT2D eigenvalue weighted by atomic mass is 32.2. The third-order valence-electron chi connectivity index (χ3n) is 2.04. The SMILES string of the molecule is N#CSCCC(F)(F)CC(F)(C(F)(F)F)C(F)(F)F. The van der Waals surface area contributed by atoms with E-state index in [1.807, 2.05) is 0 Å². The van der Waals surface area contributed by atoms with E-state index in [4.69, 9.17) is 5.26 Å². The summed E-state index contributed by atoms with van der Waals surface area (Å²) in [6.07, 6.45) is -17.5. The summed E-state index contributed by atoms with van der Waals surface area (Å²) >= 11 is 0.217. The van der Waals surface area contributed by atoms with Gasteiger partial charge in [0.1, 0.15) is 5.40 Å². The number of halogens is 9. The Morgan fingerprint density at radius 3 is 1.58 bits per heavy atom. The number of thiocyanates is 1. The van der Waals surface area contributed by atoms with Crippen LogP contribution in [0.2, 0.25) is 0 Å². The first-order chi connectivity index (χ1) is 8.27. The normalized spacial score (nSPS) is 14.3. The van der Waals surface area contributed by atoms with Gasteiger partial charge in [0.05, 0.1) is 6.42 Å². The van der Waals surface area contributed by atoms with Crippen molar-refractivity contribution in [2.45, 2.75) is 36.8 Å². The highest BCUT2D eigenvalue weighted by Gasteiger charge is 2.74. The minimum absolute atomic E-state index is 0.217. The molecule has 0 aliphatic carbocycles. The summed E-state index contributed by atoms with van der Waals surface area (Å²) in [5.74, 6) is -5.25. The number of thioether (sulfide) groups is 1. The van der Waals surface area contributed by atoms with Crippen LogP contribution < -0.4 is 0 Å². The molecule has 0 aliphatic rings. The van der Waals surface area contributed by atoms with Gasteiger partial charge in [0.2, 0.25) is 0 Å². The quantitative estimate of drug-likeness (QED) is 0.425. The van der Waals surface area contributed by atoms with E-state index in [2.05, 4.69) is 0 Å². The molecule has 0 aromatic carbocycles. The van der Waals surface area contributed by atoms with E-state index < -0.39 is 42.5 Å². The zero-order valence-electron chi connectivity index (χ0n) is 8.88. The lowest BCUT2D eigenvalue weighted by Crippen LogP contribution is -2.56. The summed E-state index contributed by atoms with van der Waals surface area (Å²) in [5.41, 5.74) is -5.99. The van der Waals surface area contributed by atoms with Crippen molar-refractivity contribution in [2.24, 2.45) is 0 Å². The van der Waals surface area contributed by atoms with E-state index in [0.29, 0.717) is 0 Å². The molecular weight excluding hydrogens is 313 g/mol. The molecule has 0 bridgehead atoms. The second-order valence-corrected chi connectivity index (χ2v) is 4.40. The smallest absolute Gasteiger partial charge is 0.223 e. The first-order valence-corrected chi connectivity index (χ1v) is 5.46. The third-order valence-corrected chi connectivity index (χ3v) is 2.57. The maximum atomic E-state index is 13.0. The molecule has 0 amide bonds. The molecule has 0 rings (SSSR count). The van der Waals surface area contributed by atoms with Crippen molar-refractivity contribution in [3.63, 3.8) is 0 Å². The van der Waals surface area contributed by atoms with Crippen molar-refractivity contribution in [1.82, 2.24) is 0 Å². The number of alkyl halides is 9. The van der Waals surface area contributed by atoms with Gasteiger partial charge in [-0.1, -0.05) is 0 Å². The average molecular weight is 319 g/mol. The van der Waals surface area contributed by atoms with Gasteiger partial charge in [0.15, 0.2) is 0 Å². The van der Waals surface area contributed by atoms with Crippen LogP contribution in [0.15, 0.2) is 0 Å². The molecule has 0 atom stereocenters. The molecule has 0 radical (unpaired) electrons. The van der Waals surface area contributed by atoms with Crippen molar-refractivity contribution in [3.8, 4) is 5.40 Å². The van der Waals surface area contributed by atoms with E-state index in [0.717, 1.165) is 0 Å². The van der Waals surface area contributed by atoms with Crippen LogP contribution in [0, 0.1) is 10.7 Å². The Kier molecular flexibility index (Phi) is 5.45. The predicted octanol–water partition coefficient (Wildman–Crippen LogP) is 4.45. The van der Waals surface area contributed by atoms with Crippen LogP contribution in [0.4, 0.5) is 39.5 Å². The van der Waals surface area contributed by atoms with E-state index in [1.54, 1.807) is 0 Å². The van der Waals surface area contributed by atoms with Gasteiger partial charge in [-0.3, -0.25) is 0 Å². The number of hydrogen-bond donors (Lipinski definition) is 0. The van der Waals surface area contributed by atoms with Gasteiger partial charge >= 0.3 is 18.0 Å². The topological polar surface area (TPSA) is 23.8 Å². The molecule has 0 aromatic heterocycles. The molecule has 0 saturated carbocycles. The average Bonchev–Trinajstić information content (AvgIpc) is 2.13. The predicted molar refractivity (Wildman–Crippen MR) is 48.2 cm³/mol. The maximum Gasteiger partial charge on any atom is 0.431 e. The van der Waals surface area contributed by atoms with E-state index in [9.17, 15) is 39.5 Å². The lowest BCUT2D eigenvalue weighted by molar-refractivity contribution is -0.354. The van der Waals surface area contributed by atoms with Gasteiger partial charge in [-0.05, 0) is 11.8 Å². The summed E-state index contributed by atoms with van der Waals surface area (Å²) in [7, 11) is 0. The van der Waals surface area contributed by atoms with Gasteiger partial charge in [-0.25, -0.2) is 13.2 Å². The van der Waals surface area contributed by atoms with Crippen LogP contribution in [0.25, 0.3) is 0 Å². The number of nitrogens with zero attached hydrogens (tertiary/aromatic N) is 1. The Hall–Kier alpha value is -0.790. The van der Waals surface area contributed by atoms with Crippen LogP contribution in [0.5, 0.6) is 0 Å².